The zero-order valence-electron chi connectivity index (χ0n) is 11.6. The highest BCUT2D eigenvalue weighted by atomic mass is 16.5. The third kappa shape index (κ3) is 3.62. The van der Waals surface area contributed by atoms with E-state index in [9.17, 15) is 0 Å². The molecule has 7 heteroatoms. The van der Waals surface area contributed by atoms with Gasteiger partial charge in [0, 0.05) is 19.4 Å². The molecule has 0 saturated carbocycles. The minimum atomic E-state index is 0.326. The van der Waals surface area contributed by atoms with Crippen LogP contribution < -0.4 is 16.6 Å². The van der Waals surface area contributed by atoms with E-state index in [1.54, 1.807) is 19.4 Å². The normalized spacial score (nSPS) is 10.3. The number of aryl methyl sites for hydroxylation is 1. The monoisotopic (exact) mass is 274 g/mol. The van der Waals surface area contributed by atoms with Crippen LogP contribution in [-0.2, 0) is 17.9 Å². The first-order valence-electron chi connectivity index (χ1n) is 6.21. The Kier molecular flexibility index (Phi) is 4.80. The molecule has 0 aliphatic rings. The lowest BCUT2D eigenvalue weighted by atomic mass is 10.2. The van der Waals surface area contributed by atoms with Gasteiger partial charge in [0.05, 0.1) is 12.2 Å². The van der Waals surface area contributed by atoms with Crippen molar-refractivity contribution in [2.45, 2.75) is 20.1 Å². The summed E-state index contributed by atoms with van der Waals surface area (Å²) in [7, 11) is 1.59. The second-order valence-corrected chi connectivity index (χ2v) is 4.25. The highest BCUT2D eigenvalue weighted by Crippen LogP contribution is 2.13. The quantitative estimate of drug-likeness (QED) is 0.538. The first-order valence-corrected chi connectivity index (χ1v) is 6.21. The highest BCUT2D eigenvalue weighted by molar-refractivity contribution is 5.47. The van der Waals surface area contributed by atoms with E-state index in [0.29, 0.717) is 30.6 Å². The summed E-state index contributed by atoms with van der Waals surface area (Å²) in [5.41, 5.74) is 4.62. The van der Waals surface area contributed by atoms with Gasteiger partial charge in [0.15, 0.2) is 5.82 Å². The lowest BCUT2D eigenvalue weighted by Gasteiger charge is -2.10. The molecule has 0 unspecified atom stereocenters. The molecule has 2 aromatic rings. The zero-order chi connectivity index (χ0) is 14.4. The third-order valence-electron chi connectivity index (χ3n) is 2.75. The molecule has 20 heavy (non-hydrogen) atoms. The molecule has 2 heterocycles. The van der Waals surface area contributed by atoms with E-state index in [2.05, 4.69) is 25.7 Å². The Morgan fingerprint density at radius 1 is 1.30 bits per heavy atom. The van der Waals surface area contributed by atoms with E-state index in [0.717, 1.165) is 11.3 Å². The van der Waals surface area contributed by atoms with Crippen molar-refractivity contribution in [3.05, 3.63) is 41.5 Å². The summed E-state index contributed by atoms with van der Waals surface area (Å²) in [5.74, 6) is 7.16. The number of pyridine rings is 1. The fraction of sp³-hybridized carbons (Fsp3) is 0.308. The van der Waals surface area contributed by atoms with Gasteiger partial charge in [0.25, 0.3) is 0 Å². The average Bonchev–Trinajstić information content (AvgIpc) is 2.46. The first-order chi connectivity index (χ1) is 9.72. The Morgan fingerprint density at radius 3 is 2.80 bits per heavy atom. The van der Waals surface area contributed by atoms with Crippen molar-refractivity contribution in [3.8, 4) is 0 Å². The Balaban J connectivity index is 2.12. The van der Waals surface area contributed by atoms with E-state index in [4.69, 9.17) is 10.6 Å². The van der Waals surface area contributed by atoms with Crippen LogP contribution in [0.25, 0.3) is 0 Å². The number of nitrogens with two attached hydrogens (primary N) is 1. The van der Waals surface area contributed by atoms with Crippen LogP contribution in [0.2, 0.25) is 0 Å². The summed E-state index contributed by atoms with van der Waals surface area (Å²) in [6.07, 6.45) is 1.77. The predicted octanol–water partition coefficient (Wildman–Crippen LogP) is 1.22. The van der Waals surface area contributed by atoms with E-state index in [1.165, 1.54) is 0 Å². The van der Waals surface area contributed by atoms with Gasteiger partial charge in [0.1, 0.15) is 18.2 Å². The standard InChI is InChI=1S/C13H18N6O/c1-9-4-3-5-15-10(9)7-16-11-6-12(19-14)18-13(17-11)8-20-2/h3-6H,7-8,14H2,1-2H3,(H2,16,17,18,19). The highest BCUT2D eigenvalue weighted by Gasteiger charge is 2.05. The van der Waals surface area contributed by atoms with Crippen LogP contribution >= 0.6 is 0 Å². The minimum absolute atomic E-state index is 0.326. The SMILES string of the molecule is COCc1nc(NN)cc(NCc2ncccc2C)n1. The molecule has 0 fully saturated rings. The summed E-state index contributed by atoms with van der Waals surface area (Å²) >= 11 is 0. The molecule has 0 bridgehead atoms. The zero-order valence-corrected chi connectivity index (χ0v) is 11.6. The number of anilines is 2. The topological polar surface area (TPSA) is 98.0 Å². The van der Waals surface area contributed by atoms with Gasteiger partial charge in [-0.3, -0.25) is 4.98 Å². The summed E-state index contributed by atoms with van der Waals surface area (Å²) in [5, 5.41) is 3.21. The van der Waals surface area contributed by atoms with Crippen molar-refractivity contribution in [2.75, 3.05) is 17.9 Å². The molecule has 0 saturated heterocycles. The van der Waals surface area contributed by atoms with Crippen LogP contribution in [0.3, 0.4) is 0 Å². The van der Waals surface area contributed by atoms with Crippen LogP contribution in [0.1, 0.15) is 17.1 Å². The number of ether oxygens (including phenoxy) is 1. The summed E-state index contributed by atoms with van der Waals surface area (Å²) < 4.78 is 5.03. The van der Waals surface area contributed by atoms with Crippen LogP contribution in [0.5, 0.6) is 0 Å². The number of hydrogen-bond acceptors (Lipinski definition) is 7. The van der Waals surface area contributed by atoms with Gasteiger partial charge in [-0.25, -0.2) is 15.8 Å². The molecule has 7 nitrogen and oxygen atoms in total. The molecule has 0 aromatic carbocycles. The lowest BCUT2D eigenvalue weighted by Crippen LogP contribution is -2.13. The largest absolute Gasteiger partial charge is 0.377 e. The van der Waals surface area contributed by atoms with Crippen LogP contribution in [0, 0.1) is 6.92 Å². The first kappa shape index (κ1) is 14.2. The number of methoxy groups -OCH3 is 1. The number of hydrogen-bond donors (Lipinski definition) is 3. The summed E-state index contributed by atoms with van der Waals surface area (Å²) in [4.78, 5) is 12.9. The molecular weight excluding hydrogens is 256 g/mol. The van der Waals surface area contributed by atoms with Crippen LogP contribution in [0.4, 0.5) is 11.6 Å². The van der Waals surface area contributed by atoms with Gasteiger partial charge >= 0.3 is 0 Å². The van der Waals surface area contributed by atoms with E-state index in [1.807, 2.05) is 19.1 Å². The number of rotatable bonds is 6. The Labute approximate surface area is 117 Å². The molecule has 0 amide bonds. The lowest BCUT2D eigenvalue weighted by molar-refractivity contribution is 0.178. The predicted molar refractivity (Wildman–Crippen MR) is 76.9 cm³/mol. The molecule has 106 valence electrons. The molecule has 0 atom stereocenters. The van der Waals surface area contributed by atoms with Gasteiger partial charge < -0.3 is 15.5 Å². The number of hydrazine groups is 1. The second-order valence-electron chi connectivity index (χ2n) is 4.25. The van der Waals surface area contributed by atoms with Crippen molar-refractivity contribution >= 4 is 11.6 Å². The molecular formula is C13H18N6O. The third-order valence-corrected chi connectivity index (χ3v) is 2.75. The van der Waals surface area contributed by atoms with Crippen molar-refractivity contribution in [3.63, 3.8) is 0 Å². The maximum absolute atomic E-state index is 5.39. The van der Waals surface area contributed by atoms with Crippen molar-refractivity contribution in [2.24, 2.45) is 5.84 Å². The number of nitrogens with zero attached hydrogens (tertiary/aromatic N) is 3. The van der Waals surface area contributed by atoms with Crippen molar-refractivity contribution in [1.82, 2.24) is 15.0 Å². The smallest absolute Gasteiger partial charge is 0.158 e. The van der Waals surface area contributed by atoms with E-state index >= 15 is 0 Å². The summed E-state index contributed by atoms with van der Waals surface area (Å²) in [6, 6.07) is 5.67. The van der Waals surface area contributed by atoms with Gasteiger partial charge in [-0.1, -0.05) is 6.07 Å². The van der Waals surface area contributed by atoms with Crippen LogP contribution in [-0.4, -0.2) is 22.1 Å². The van der Waals surface area contributed by atoms with Gasteiger partial charge in [0.2, 0.25) is 0 Å². The van der Waals surface area contributed by atoms with Crippen LogP contribution in [0.15, 0.2) is 24.4 Å². The number of nitrogens with one attached hydrogen (secondary N) is 2. The minimum Gasteiger partial charge on any atom is -0.377 e. The Hall–Kier alpha value is -2.25. The fourth-order valence-electron chi connectivity index (χ4n) is 1.73. The van der Waals surface area contributed by atoms with Gasteiger partial charge in [-0.05, 0) is 18.6 Å². The maximum atomic E-state index is 5.39. The van der Waals surface area contributed by atoms with Gasteiger partial charge in [-0.2, -0.15) is 0 Å². The maximum Gasteiger partial charge on any atom is 0.158 e. The molecule has 4 N–H and O–H groups in total. The molecule has 0 aliphatic heterocycles. The Morgan fingerprint density at radius 2 is 2.10 bits per heavy atom. The molecule has 0 spiro atoms. The number of aromatic nitrogens is 3. The molecule has 0 radical (unpaired) electrons. The summed E-state index contributed by atoms with van der Waals surface area (Å²) in [6.45, 7) is 2.93. The van der Waals surface area contributed by atoms with E-state index in [-0.39, 0.29) is 0 Å². The second kappa shape index (κ2) is 6.78. The Bertz CT molecular complexity index is 575. The molecule has 0 aliphatic carbocycles. The molecule has 2 rings (SSSR count). The van der Waals surface area contributed by atoms with Crippen molar-refractivity contribution < 1.29 is 4.74 Å². The fourth-order valence-corrected chi connectivity index (χ4v) is 1.73. The molecule has 2 aromatic heterocycles. The van der Waals surface area contributed by atoms with E-state index < -0.39 is 0 Å². The van der Waals surface area contributed by atoms with Crippen molar-refractivity contribution in [1.29, 1.82) is 0 Å². The number of nitrogen functional groups attached to an aromatic ring is 1. The van der Waals surface area contributed by atoms with Gasteiger partial charge in [-0.15, -0.1) is 0 Å². The average molecular weight is 274 g/mol.